The largest absolute Gasteiger partial charge is 0.505 e. The van der Waals surface area contributed by atoms with E-state index in [1.165, 1.54) is 20.1 Å². The van der Waals surface area contributed by atoms with Crippen LogP contribution in [0.5, 0.6) is 11.5 Å². The van der Waals surface area contributed by atoms with Crippen LogP contribution in [-0.4, -0.2) is 24.0 Å². The van der Waals surface area contributed by atoms with Crippen LogP contribution in [0.2, 0.25) is 0 Å². The molecule has 1 aromatic carbocycles. The van der Waals surface area contributed by atoms with Crippen LogP contribution in [0.3, 0.4) is 0 Å². The number of ether oxygens (including phenoxy) is 1. The molecule has 1 aliphatic heterocycles. The van der Waals surface area contributed by atoms with E-state index in [0.717, 1.165) is 13.0 Å². The number of hydroxylamine groups is 1. The average molecular weight is 309 g/mol. The van der Waals surface area contributed by atoms with Gasteiger partial charge in [0.05, 0.1) is 13.2 Å². The quantitative estimate of drug-likeness (QED) is 0.824. The number of benzene rings is 1. The van der Waals surface area contributed by atoms with Crippen molar-refractivity contribution in [2.24, 2.45) is 5.92 Å². The van der Waals surface area contributed by atoms with E-state index in [9.17, 15) is 22.7 Å². The minimum Gasteiger partial charge on any atom is -0.505 e. The zero-order valence-electron chi connectivity index (χ0n) is 11.6. The molecule has 0 aromatic heterocycles. The highest BCUT2D eigenvalue weighted by Gasteiger charge is 2.62. The van der Waals surface area contributed by atoms with Gasteiger partial charge in [-0.2, -0.15) is 23.0 Å². The number of alkyl halides is 3. The SMILES string of the molecule is COc1c([C@H]2NO[C@@](C)(C(F)(F)F)[C@H]2C)ccc(O)c1F. The highest BCUT2D eigenvalue weighted by atomic mass is 19.4. The summed E-state index contributed by atoms with van der Waals surface area (Å²) in [6.07, 6.45) is -4.59. The standard InChI is InChI=1S/C13H15F4NO3/c1-6-10(18-21-12(6,2)13(15,16)17)7-4-5-8(19)9(14)11(7)20-3/h4-6,10,18-19H,1-3H3/t6-,10-,12+/m0/s1. The van der Waals surface area contributed by atoms with Gasteiger partial charge in [-0.15, -0.1) is 0 Å². The van der Waals surface area contributed by atoms with Crippen LogP contribution < -0.4 is 10.2 Å². The molecule has 21 heavy (non-hydrogen) atoms. The van der Waals surface area contributed by atoms with Gasteiger partial charge in [-0.3, -0.25) is 4.84 Å². The van der Waals surface area contributed by atoms with Crippen molar-refractivity contribution >= 4 is 0 Å². The van der Waals surface area contributed by atoms with Crippen LogP contribution in [0.1, 0.15) is 25.5 Å². The lowest BCUT2D eigenvalue weighted by molar-refractivity contribution is -0.278. The number of hydrogen-bond donors (Lipinski definition) is 2. The summed E-state index contributed by atoms with van der Waals surface area (Å²) in [6, 6.07) is 1.43. The van der Waals surface area contributed by atoms with E-state index in [1.54, 1.807) is 0 Å². The summed E-state index contributed by atoms with van der Waals surface area (Å²) in [6.45, 7) is 2.27. The van der Waals surface area contributed by atoms with Crippen molar-refractivity contribution in [3.63, 3.8) is 0 Å². The molecule has 4 nitrogen and oxygen atoms in total. The van der Waals surface area contributed by atoms with Crippen molar-refractivity contribution in [2.75, 3.05) is 7.11 Å². The molecule has 0 saturated carbocycles. The Labute approximate surface area is 118 Å². The molecule has 0 amide bonds. The summed E-state index contributed by atoms with van der Waals surface area (Å²) >= 11 is 0. The molecule has 2 rings (SSSR count). The van der Waals surface area contributed by atoms with E-state index in [2.05, 4.69) is 5.48 Å². The molecule has 0 unspecified atom stereocenters. The molecule has 3 atom stereocenters. The number of phenols is 1. The topological polar surface area (TPSA) is 50.7 Å². The van der Waals surface area contributed by atoms with E-state index in [1.807, 2.05) is 0 Å². The zero-order valence-corrected chi connectivity index (χ0v) is 11.6. The maximum Gasteiger partial charge on any atom is 0.419 e. The summed E-state index contributed by atoms with van der Waals surface area (Å²) in [5, 5.41) is 9.31. The lowest BCUT2D eigenvalue weighted by Crippen LogP contribution is -2.47. The summed E-state index contributed by atoms with van der Waals surface area (Å²) in [5.41, 5.74) is 0.0337. The van der Waals surface area contributed by atoms with Crippen molar-refractivity contribution < 1.29 is 32.2 Å². The molecule has 1 aromatic rings. The lowest BCUT2D eigenvalue weighted by atomic mass is 9.82. The number of halogens is 4. The minimum absolute atomic E-state index is 0.147. The fraction of sp³-hybridized carbons (Fsp3) is 0.538. The van der Waals surface area contributed by atoms with Gasteiger partial charge in [-0.1, -0.05) is 6.92 Å². The summed E-state index contributed by atoms with van der Waals surface area (Å²) < 4.78 is 58.0. The van der Waals surface area contributed by atoms with Crippen molar-refractivity contribution in [2.45, 2.75) is 31.7 Å². The van der Waals surface area contributed by atoms with Crippen molar-refractivity contribution in [1.82, 2.24) is 5.48 Å². The Morgan fingerprint density at radius 2 is 2.00 bits per heavy atom. The second-order valence-corrected chi connectivity index (χ2v) is 5.11. The van der Waals surface area contributed by atoms with E-state index in [0.29, 0.717) is 0 Å². The smallest absolute Gasteiger partial charge is 0.419 e. The molecule has 1 heterocycles. The van der Waals surface area contributed by atoms with Gasteiger partial charge in [-0.05, 0) is 19.1 Å². The maximum atomic E-state index is 13.8. The zero-order chi connectivity index (χ0) is 16.0. The van der Waals surface area contributed by atoms with Gasteiger partial charge >= 0.3 is 6.18 Å². The molecule has 1 fully saturated rings. The van der Waals surface area contributed by atoms with E-state index >= 15 is 0 Å². The molecule has 8 heteroatoms. The second-order valence-electron chi connectivity index (χ2n) is 5.11. The number of nitrogens with one attached hydrogen (secondary N) is 1. The number of aromatic hydroxyl groups is 1. The van der Waals surface area contributed by atoms with Crippen LogP contribution in [0.25, 0.3) is 0 Å². The third kappa shape index (κ3) is 2.32. The first-order valence-corrected chi connectivity index (χ1v) is 6.19. The Morgan fingerprint density at radius 3 is 2.48 bits per heavy atom. The van der Waals surface area contributed by atoms with E-state index in [-0.39, 0.29) is 11.3 Å². The summed E-state index contributed by atoms with van der Waals surface area (Å²) in [7, 11) is 1.17. The van der Waals surface area contributed by atoms with E-state index in [4.69, 9.17) is 9.57 Å². The first-order chi connectivity index (χ1) is 9.63. The molecular weight excluding hydrogens is 294 g/mol. The Balaban J connectivity index is 2.44. The predicted molar refractivity (Wildman–Crippen MR) is 65.2 cm³/mol. The Morgan fingerprint density at radius 1 is 1.38 bits per heavy atom. The highest BCUT2D eigenvalue weighted by molar-refractivity contribution is 5.44. The van der Waals surface area contributed by atoms with Crippen molar-refractivity contribution in [3.05, 3.63) is 23.5 Å². The third-order valence-electron chi connectivity index (χ3n) is 3.98. The lowest BCUT2D eigenvalue weighted by Gasteiger charge is -2.30. The second kappa shape index (κ2) is 5.03. The summed E-state index contributed by atoms with van der Waals surface area (Å²) in [5.74, 6) is -3.00. The monoisotopic (exact) mass is 309 g/mol. The molecule has 0 aliphatic carbocycles. The normalized spacial score (nSPS) is 29.7. The first-order valence-electron chi connectivity index (χ1n) is 6.19. The number of hydrogen-bond acceptors (Lipinski definition) is 4. The summed E-state index contributed by atoms with van der Waals surface area (Å²) in [4.78, 5) is 4.74. The van der Waals surface area contributed by atoms with Gasteiger partial charge in [0.25, 0.3) is 0 Å². The van der Waals surface area contributed by atoms with Gasteiger partial charge in [0, 0.05) is 11.5 Å². The third-order valence-corrected chi connectivity index (χ3v) is 3.98. The van der Waals surface area contributed by atoms with Crippen LogP contribution in [-0.2, 0) is 4.84 Å². The van der Waals surface area contributed by atoms with Gasteiger partial charge in [0.2, 0.25) is 5.82 Å². The van der Waals surface area contributed by atoms with Crippen LogP contribution in [0.15, 0.2) is 12.1 Å². The van der Waals surface area contributed by atoms with Gasteiger partial charge < -0.3 is 9.84 Å². The van der Waals surface area contributed by atoms with Gasteiger partial charge in [-0.25, -0.2) is 0 Å². The molecule has 1 aliphatic rings. The Bertz CT molecular complexity index is 549. The predicted octanol–water partition coefficient (Wildman–Crippen LogP) is 3.07. The fourth-order valence-electron chi connectivity index (χ4n) is 2.36. The molecule has 1 saturated heterocycles. The van der Waals surface area contributed by atoms with Crippen LogP contribution >= 0.6 is 0 Å². The van der Waals surface area contributed by atoms with E-state index < -0.39 is 35.3 Å². The number of rotatable bonds is 2. The number of methoxy groups -OCH3 is 1. The molecule has 0 spiro atoms. The average Bonchev–Trinajstić information content (AvgIpc) is 2.70. The molecule has 2 N–H and O–H groups in total. The molecule has 118 valence electrons. The molecule has 0 radical (unpaired) electrons. The Kier molecular flexibility index (Phi) is 3.79. The molecular formula is C13H15F4NO3. The highest BCUT2D eigenvalue weighted by Crippen LogP contribution is 2.49. The van der Waals surface area contributed by atoms with Gasteiger partial charge in [0.1, 0.15) is 0 Å². The Hall–Kier alpha value is -1.54. The van der Waals surface area contributed by atoms with Gasteiger partial charge in [0.15, 0.2) is 17.1 Å². The fourth-order valence-corrected chi connectivity index (χ4v) is 2.36. The first kappa shape index (κ1) is 15.8. The van der Waals surface area contributed by atoms with Crippen LogP contribution in [0.4, 0.5) is 17.6 Å². The maximum absolute atomic E-state index is 13.8. The van der Waals surface area contributed by atoms with Crippen molar-refractivity contribution in [3.8, 4) is 11.5 Å². The molecule has 0 bridgehead atoms. The number of phenolic OH excluding ortho intramolecular Hbond substituents is 1. The minimum atomic E-state index is -4.59. The van der Waals surface area contributed by atoms with Crippen LogP contribution in [0, 0.1) is 11.7 Å². The van der Waals surface area contributed by atoms with Crippen molar-refractivity contribution in [1.29, 1.82) is 0 Å².